The van der Waals surface area contributed by atoms with Gasteiger partial charge in [-0.05, 0) is 22.4 Å². The maximum Gasteiger partial charge on any atom is 0.0758 e. The van der Waals surface area contributed by atoms with E-state index in [2.05, 4.69) is 34.0 Å². The van der Waals surface area contributed by atoms with Gasteiger partial charge in [0.25, 0.3) is 0 Å². The fourth-order valence-corrected chi connectivity index (χ4v) is 2.11. The Morgan fingerprint density at radius 1 is 1.57 bits per heavy atom. The highest BCUT2D eigenvalue weighted by molar-refractivity contribution is 9.26. The molecule has 0 saturated heterocycles. The van der Waals surface area contributed by atoms with E-state index in [9.17, 15) is 0 Å². The highest BCUT2D eigenvalue weighted by Crippen LogP contribution is 2.09. The van der Waals surface area contributed by atoms with E-state index in [1.165, 1.54) is 0 Å². The molecule has 0 rings (SSSR count). The van der Waals surface area contributed by atoms with E-state index < -0.39 is 15.0 Å². The van der Waals surface area contributed by atoms with Crippen LogP contribution in [0, 0.1) is 0 Å². The Morgan fingerprint density at radius 3 is 2.00 bits per heavy atom. The van der Waals surface area contributed by atoms with E-state index in [0.717, 1.165) is 0 Å². The molecule has 7 heavy (non-hydrogen) atoms. The molecule has 7 heteroatoms. The van der Waals surface area contributed by atoms with Crippen molar-refractivity contribution >= 4 is 60.1 Å². The van der Waals surface area contributed by atoms with Crippen molar-refractivity contribution in [2.45, 2.75) is 0 Å². The minimum absolute atomic E-state index is 0.527. The van der Waals surface area contributed by atoms with Crippen molar-refractivity contribution in [2.75, 3.05) is 0 Å². The van der Waals surface area contributed by atoms with Crippen LogP contribution < -0.4 is 0 Å². The zero-order valence-electron chi connectivity index (χ0n) is 2.94. The lowest BCUT2D eigenvalue weighted by Crippen LogP contribution is -1.78. The molecule has 0 aromatic heterocycles. The number of thiol groups is 1. The predicted molar refractivity (Wildman–Crippen MR) is 48.7 cm³/mol. The molecule has 0 aromatic rings. The van der Waals surface area contributed by atoms with Gasteiger partial charge in [0.1, 0.15) is 0 Å². The van der Waals surface area contributed by atoms with Gasteiger partial charge in [0.15, 0.2) is 0 Å². The quantitative estimate of drug-likeness (QED) is 0.403. The smallest absolute Gasteiger partial charge is 0.0758 e. The molecular weight excluding hydrogens is 208 g/mol. The monoisotopic (exact) mass is 210 g/mol. The van der Waals surface area contributed by atoms with E-state index in [1.54, 1.807) is 0 Å². The van der Waals surface area contributed by atoms with Crippen LogP contribution >= 0.6 is 22.7 Å². The highest BCUT2D eigenvalue weighted by atomic mass is 33.9. The van der Waals surface area contributed by atoms with Crippen molar-refractivity contribution in [3.8, 4) is 0 Å². The van der Waals surface area contributed by atoms with Gasteiger partial charge in [0.05, 0.1) is 11.1 Å². The van der Waals surface area contributed by atoms with Crippen molar-refractivity contribution in [2.24, 2.45) is 0 Å². The van der Waals surface area contributed by atoms with Gasteiger partial charge in [0.2, 0.25) is 0 Å². The molecule has 0 aliphatic heterocycles. The van der Waals surface area contributed by atoms with Gasteiger partial charge < -0.3 is 4.55 Å². The Bertz CT molecular complexity index is 92.4. The summed E-state index contributed by atoms with van der Waals surface area (Å²) in [5, 5.41) is 0. The molecule has 44 valence electrons. The van der Waals surface area contributed by atoms with Crippen LogP contribution in [0.1, 0.15) is 0 Å². The van der Waals surface area contributed by atoms with Gasteiger partial charge in [-0.2, -0.15) is 0 Å². The van der Waals surface area contributed by atoms with Crippen molar-refractivity contribution in [1.29, 1.82) is 0 Å². The Balaban J connectivity index is 3.58. The van der Waals surface area contributed by atoms with Gasteiger partial charge in [-0.25, -0.2) is 0 Å². The molecule has 1 N–H and O–H groups in total. The zero-order valence-corrected chi connectivity index (χ0v) is 7.91. The van der Waals surface area contributed by atoms with Crippen molar-refractivity contribution in [3.05, 3.63) is 0 Å². The fourth-order valence-electron chi connectivity index (χ4n) is 0.0260. The summed E-state index contributed by atoms with van der Waals surface area (Å²) in [4.78, 5) is 0. The first kappa shape index (κ1) is 8.80. The summed E-state index contributed by atoms with van der Waals surface area (Å²) in [5.41, 5.74) is 0. The maximum atomic E-state index is 8.22. The van der Waals surface area contributed by atoms with Gasteiger partial charge in [-0.15, -0.1) is 0 Å². The SMILES string of the molecule is OSS(=S)S(=S)S. The van der Waals surface area contributed by atoms with Gasteiger partial charge in [0, 0.05) is 15.0 Å². The third-order valence-corrected chi connectivity index (χ3v) is 11.1. The van der Waals surface area contributed by atoms with Gasteiger partial charge >= 0.3 is 0 Å². The van der Waals surface area contributed by atoms with Crippen LogP contribution in [0.4, 0.5) is 0 Å². The van der Waals surface area contributed by atoms with E-state index in [0.29, 0.717) is 11.1 Å². The molecule has 0 saturated carbocycles. The molecule has 0 amide bonds. The Morgan fingerprint density at radius 2 is 2.00 bits per heavy atom. The first-order valence-corrected chi connectivity index (χ1v) is 8.19. The van der Waals surface area contributed by atoms with Gasteiger partial charge in [-0.1, -0.05) is 11.7 Å². The summed E-state index contributed by atoms with van der Waals surface area (Å²) < 4.78 is 8.22. The van der Waals surface area contributed by atoms with E-state index in [-0.39, 0.29) is 0 Å². The molecule has 0 aliphatic carbocycles. The highest BCUT2D eigenvalue weighted by Gasteiger charge is 1.91. The zero-order chi connectivity index (χ0) is 5.86. The third-order valence-electron chi connectivity index (χ3n) is 0.177. The van der Waals surface area contributed by atoms with Crippen LogP contribution in [0.2, 0.25) is 0 Å². The lowest BCUT2D eigenvalue weighted by Gasteiger charge is -1.90. The lowest BCUT2D eigenvalue weighted by molar-refractivity contribution is 0.676. The average Bonchev–Trinajstić information content (AvgIpc) is 1.65. The van der Waals surface area contributed by atoms with Crippen LogP contribution in [0.15, 0.2) is 0 Å². The molecule has 2 unspecified atom stereocenters. The molecule has 0 heterocycles. The topological polar surface area (TPSA) is 20.2 Å². The third kappa shape index (κ3) is 4.31. The predicted octanol–water partition coefficient (Wildman–Crippen LogP) is 1.03. The summed E-state index contributed by atoms with van der Waals surface area (Å²) in [7, 11) is -1.09. The second-order valence-electron chi connectivity index (χ2n) is 0.496. The summed E-state index contributed by atoms with van der Waals surface area (Å²) in [6.07, 6.45) is 0. The van der Waals surface area contributed by atoms with E-state index in [1.807, 2.05) is 0 Å². The first-order chi connectivity index (χ1) is 3.18. The molecule has 0 fully saturated rings. The summed E-state index contributed by atoms with van der Waals surface area (Å²) >= 11 is 13.7. The Hall–Kier alpha value is 1.80. The van der Waals surface area contributed by atoms with Crippen LogP contribution in [-0.4, -0.2) is 4.55 Å². The van der Waals surface area contributed by atoms with E-state index in [4.69, 9.17) is 4.55 Å². The van der Waals surface area contributed by atoms with Crippen molar-refractivity contribution < 1.29 is 4.55 Å². The minimum Gasteiger partial charge on any atom is -0.320 e. The molecule has 0 spiro atoms. The number of rotatable bonds is 2. The summed E-state index contributed by atoms with van der Waals surface area (Å²) in [6.45, 7) is 0. The summed E-state index contributed by atoms with van der Waals surface area (Å²) in [6, 6.07) is 0. The number of hydrogen-bond acceptors (Lipinski definition) is 4. The normalized spacial score (nSPS) is 18.6. The fraction of sp³-hybridized carbons (Fsp3) is 0. The molecule has 0 bridgehead atoms. The minimum atomic E-state index is -0.566. The van der Waals surface area contributed by atoms with Crippen LogP contribution in [0.25, 0.3) is 0 Å². The van der Waals surface area contributed by atoms with Gasteiger partial charge in [-0.3, -0.25) is 0 Å². The molecule has 0 aliphatic rings. The van der Waals surface area contributed by atoms with Crippen molar-refractivity contribution in [3.63, 3.8) is 0 Å². The standard InChI is InChI=1S/H2OS6/c1-5-7(4)6(2)3/h1H,(H,2,3). The van der Waals surface area contributed by atoms with E-state index >= 15 is 0 Å². The molecular formula is H2OS6. The van der Waals surface area contributed by atoms with Crippen LogP contribution in [0.5, 0.6) is 0 Å². The molecule has 2 atom stereocenters. The second kappa shape index (κ2) is 4.66. The first-order valence-electron chi connectivity index (χ1n) is 1.03. The average molecular weight is 210 g/mol. The van der Waals surface area contributed by atoms with Crippen LogP contribution in [0.3, 0.4) is 0 Å². The Kier molecular flexibility index (Phi) is 5.86. The Labute approximate surface area is 64.3 Å². The summed E-state index contributed by atoms with van der Waals surface area (Å²) in [5.74, 6) is 0. The second-order valence-corrected chi connectivity index (χ2v) is 12.0. The van der Waals surface area contributed by atoms with Crippen LogP contribution in [-0.2, 0) is 37.4 Å². The largest absolute Gasteiger partial charge is 0.320 e. The molecule has 0 aromatic carbocycles. The lowest BCUT2D eigenvalue weighted by atomic mass is 15.9. The maximum absolute atomic E-state index is 8.22. The van der Waals surface area contributed by atoms with Crippen molar-refractivity contribution in [1.82, 2.24) is 0 Å². The number of hydrogen-bond donors (Lipinski definition) is 2. The molecule has 1 nitrogen and oxygen atoms in total. The molecule has 0 radical (unpaired) electrons.